The van der Waals surface area contributed by atoms with Crippen LogP contribution in [0, 0.1) is 0 Å². The Morgan fingerprint density at radius 3 is 3.36 bits per heavy atom. The molecule has 0 saturated heterocycles. The van der Waals surface area contributed by atoms with E-state index in [4.69, 9.17) is 4.74 Å². The van der Waals surface area contributed by atoms with Crippen molar-refractivity contribution in [2.24, 2.45) is 0 Å². The molecule has 1 aliphatic rings. The van der Waals surface area contributed by atoms with Gasteiger partial charge in [-0.2, -0.15) is 0 Å². The van der Waals surface area contributed by atoms with Gasteiger partial charge in [-0.25, -0.2) is 0 Å². The number of methoxy groups -OCH3 is 1. The normalized spacial score (nSPS) is 16.1. The second-order valence-electron chi connectivity index (χ2n) is 2.70. The van der Waals surface area contributed by atoms with Crippen LogP contribution in [0.25, 0.3) is 0 Å². The lowest BCUT2D eigenvalue weighted by Gasteiger charge is -2.16. The van der Waals surface area contributed by atoms with Crippen LogP contribution in [0.4, 0.5) is 0 Å². The standard InChI is InChI=1S/C8H12N2O/c1-11-8-2-4-10-5-3-9-6-7(8)10/h2,4,9H,3,5-6H2,1H3. The van der Waals surface area contributed by atoms with Crippen LogP contribution in [0.3, 0.4) is 0 Å². The highest BCUT2D eigenvalue weighted by atomic mass is 16.5. The van der Waals surface area contributed by atoms with Gasteiger partial charge in [0.05, 0.1) is 12.8 Å². The molecule has 0 aromatic carbocycles. The zero-order valence-electron chi connectivity index (χ0n) is 6.63. The van der Waals surface area contributed by atoms with E-state index in [1.165, 1.54) is 5.69 Å². The molecule has 0 unspecified atom stereocenters. The minimum atomic E-state index is 0.927. The second kappa shape index (κ2) is 2.58. The Bertz CT molecular complexity index is 241. The minimum absolute atomic E-state index is 0.927. The topological polar surface area (TPSA) is 26.2 Å². The van der Waals surface area contributed by atoms with Gasteiger partial charge in [0.1, 0.15) is 5.75 Å². The molecule has 60 valence electrons. The van der Waals surface area contributed by atoms with Gasteiger partial charge in [0.2, 0.25) is 0 Å². The smallest absolute Gasteiger partial charge is 0.141 e. The average molecular weight is 152 g/mol. The van der Waals surface area contributed by atoms with Crippen LogP contribution in [-0.2, 0) is 13.1 Å². The zero-order valence-corrected chi connectivity index (χ0v) is 6.63. The predicted octanol–water partition coefficient (Wildman–Crippen LogP) is 0.600. The van der Waals surface area contributed by atoms with Crippen molar-refractivity contribution < 1.29 is 4.74 Å². The Hall–Kier alpha value is -0.960. The second-order valence-corrected chi connectivity index (χ2v) is 2.70. The molecule has 1 aliphatic heterocycles. The van der Waals surface area contributed by atoms with E-state index in [9.17, 15) is 0 Å². The molecule has 0 bridgehead atoms. The van der Waals surface area contributed by atoms with Crippen molar-refractivity contribution in [3.63, 3.8) is 0 Å². The quantitative estimate of drug-likeness (QED) is 0.637. The Morgan fingerprint density at radius 2 is 2.55 bits per heavy atom. The lowest BCUT2D eigenvalue weighted by molar-refractivity contribution is 0.397. The molecule has 0 spiro atoms. The molecular formula is C8H12N2O. The molecule has 2 rings (SSSR count). The van der Waals surface area contributed by atoms with Crippen molar-refractivity contribution in [1.29, 1.82) is 0 Å². The fourth-order valence-electron chi connectivity index (χ4n) is 1.48. The Morgan fingerprint density at radius 1 is 1.64 bits per heavy atom. The zero-order chi connectivity index (χ0) is 7.68. The molecule has 2 heterocycles. The summed E-state index contributed by atoms with van der Waals surface area (Å²) in [5.74, 6) is 0.997. The third-order valence-electron chi connectivity index (χ3n) is 2.08. The van der Waals surface area contributed by atoms with Crippen molar-refractivity contribution in [3.8, 4) is 5.75 Å². The van der Waals surface area contributed by atoms with Gasteiger partial charge in [-0.05, 0) is 6.07 Å². The maximum Gasteiger partial charge on any atom is 0.141 e. The van der Waals surface area contributed by atoms with Gasteiger partial charge < -0.3 is 14.6 Å². The number of ether oxygens (including phenoxy) is 1. The van der Waals surface area contributed by atoms with E-state index in [1.54, 1.807) is 7.11 Å². The third kappa shape index (κ3) is 1.01. The summed E-state index contributed by atoms with van der Waals surface area (Å²) in [7, 11) is 1.71. The van der Waals surface area contributed by atoms with E-state index in [2.05, 4.69) is 16.1 Å². The number of nitrogens with one attached hydrogen (secondary N) is 1. The highest BCUT2D eigenvalue weighted by Gasteiger charge is 2.11. The molecule has 3 nitrogen and oxygen atoms in total. The fourth-order valence-corrected chi connectivity index (χ4v) is 1.48. The van der Waals surface area contributed by atoms with Gasteiger partial charge >= 0.3 is 0 Å². The fraction of sp³-hybridized carbons (Fsp3) is 0.500. The number of hydrogen-bond acceptors (Lipinski definition) is 2. The van der Waals surface area contributed by atoms with E-state index in [1.807, 2.05) is 6.07 Å². The molecule has 0 saturated carbocycles. The number of rotatable bonds is 1. The highest BCUT2D eigenvalue weighted by molar-refractivity contribution is 5.30. The van der Waals surface area contributed by atoms with Gasteiger partial charge in [-0.1, -0.05) is 0 Å². The van der Waals surface area contributed by atoms with E-state index >= 15 is 0 Å². The maximum absolute atomic E-state index is 5.19. The van der Waals surface area contributed by atoms with Crippen molar-refractivity contribution >= 4 is 0 Å². The van der Waals surface area contributed by atoms with Gasteiger partial charge in [0, 0.05) is 25.8 Å². The lowest BCUT2D eigenvalue weighted by atomic mass is 10.3. The van der Waals surface area contributed by atoms with Crippen LogP contribution < -0.4 is 10.1 Å². The summed E-state index contributed by atoms with van der Waals surface area (Å²) >= 11 is 0. The van der Waals surface area contributed by atoms with Crippen molar-refractivity contribution in [2.45, 2.75) is 13.1 Å². The summed E-state index contributed by atoms with van der Waals surface area (Å²) in [6, 6.07) is 2.02. The van der Waals surface area contributed by atoms with Crippen LogP contribution >= 0.6 is 0 Å². The number of hydrogen-bond donors (Lipinski definition) is 1. The third-order valence-corrected chi connectivity index (χ3v) is 2.08. The van der Waals surface area contributed by atoms with Crippen LogP contribution in [0.15, 0.2) is 12.3 Å². The molecule has 3 heteroatoms. The number of aromatic nitrogens is 1. The predicted molar refractivity (Wildman–Crippen MR) is 42.7 cm³/mol. The van der Waals surface area contributed by atoms with Crippen molar-refractivity contribution in [3.05, 3.63) is 18.0 Å². The molecule has 1 aromatic heterocycles. The van der Waals surface area contributed by atoms with E-state index in [0.29, 0.717) is 0 Å². The SMILES string of the molecule is COc1ccn2c1CNCC2. The first-order valence-corrected chi connectivity index (χ1v) is 3.84. The molecule has 1 aromatic rings. The molecule has 0 aliphatic carbocycles. The van der Waals surface area contributed by atoms with Crippen LogP contribution in [-0.4, -0.2) is 18.2 Å². The monoisotopic (exact) mass is 152 g/mol. The first kappa shape index (κ1) is 6.73. The first-order chi connectivity index (χ1) is 5.42. The number of fused-ring (bicyclic) bond motifs is 1. The molecule has 0 atom stereocenters. The van der Waals surface area contributed by atoms with E-state index < -0.39 is 0 Å². The summed E-state index contributed by atoms with van der Waals surface area (Å²) in [5.41, 5.74) is 1.26. The largest absolute Gasteiger partial charge is 0.495 e. The molecule has 11 heavy (non-hydrogen) atoms. The molecular weight excluding hydrogens is 140 g/mol. The number of nitrogens with zero attached hydrogens (tertiary/aromatic N) is 1. The van der Waals surface area contributed by atoms with Crippen LogP contribution in [0.1, 0.15) is 5.69 Å². The van der Waals surface area contributed by atoms with E-state index in [-0.39, 0.29) is 0 Å². The molecule has 0 fully saturated rings. The minimum Gasteiger partial charge on any atom is -0.495 e. The summed E-state index contributed by atoms with van der Waals surface area (Å²) in [6.45, 7) is 3.04. The Kier molecular flexibility index (Phi) is 1.58. The average Bonchev–Trinajstić information content (AvgIpc) is 2.47. The maximum atomic E-state index is 5.19. The van der Waals surface area contributed by atoms with E-state index in [0.717, 1.165) is 25.4 Å². The van der Waals surface area contributed by atoms with Crippen LogP contribution in [0.2, 0.25) is 0 Å². The van der Waals surface area contributed by atoms with Gasteiger partial charge in [0.15, 0.2) is 0 Å². The summed E-state index contributed by atoms with van der Waals surface area (Å²) in [4.78, 5) is 0. The first-order valence-electron chi connectivity index (χ1n) is 3.84. The molecule has 1 N–H and O–H groups in total. The highest BCUT2D eigenvalue weighted by Crippen LogP contribution is 2.20. The van der Waals surface area contributed by atoms with Gasteiger partial charge in [0.25, 0.3) is 0 Å². The Balaban J connectivity index is 2.38. The van der Waals surface area contributed by atoms with Crippen molar-refractivity contribution in [1.82, 2.24) is 9.88 Å². The van der Waals surface area contributed by atoms with Gasteiger partial charge in [-0.15, -0.1) is 0 Å². The van der Waals surface area contributed by atoms with Crippen molar-refractivity contribution in [2.75, 3.05) is 13.7 Å². The van der Waals surface area contributed by atoms with Crippen LogP contribution in [0.5, 0.6) is 5.75 Å². The Labute approximate surface area is 66.0 Å². The lowest BCUT2D eigenvalue weighted by Crippen LogP contribution is -2.27. The molecule has 0 radical (unpaired) electrons. The summed E-state index contributed by atoms with van der Waals surface area (Å²) in [6.07, 6.45) is 2.08. The summed E-state index contributed by atoms with van der Waals surface area (Å²) < 4.78 is 7.42. The summed E-state index contributed by atoms with van der Waals surface area (Å²) in [5, 5.41) is 3.30. The molecule has 0 amide bonds. The van der Waals surface area contributed by atoms with Gasteiger partial charge in [-0.3, -0.25) is 0 Å².